The van der Waals surface area contributed by atoms with E-state index < -0.39 is 0 Å². The number of benzene rings is 1. The van der Waals surface area contributed by atoms with E-state index in [4.69, 9.17) is 11.5 Å². The first-order valence-electron chi connectivity index (χ1n) is 7.21. The fourth-order valence-electron chi connectivity index (χ4n) is 2.88. The third kappa shape index (κ3) is 3.67. The molecule has 0 bridgehead atoms. The molecule has 4 N–H and O–H groups in total. The fourth-order valence-corrected chi connectivity index (χ4v) is 2.88. The van der Waals surface area contributed by atoms with Crippen molar-refractivity contribution < 1.29 is 9.59 Å². The van der Waals surface area contributed by atoms with Crippen LogP contribution in [0.15, 0.2) is 24.3 Å². The van der Waals surface area contributed by atoms with Gasteiger partial charge in [-0.1, -0.05) is 24.3 Å². The highest BCUT2D eigenvalue weighted by molar-refractivity contribution is 5.98. The zero-order chi connectivity index (χ0) is 14.5. The molecular weight excluding hydrogens is 252 g/mol. The van der Waals surface area contributed by atoms with E-state index in [0.29, 0.717) is 5.92 Å². The maximum atomic E-state index is 12.4. The maximum absolute atomic E-state index is 12.4. The minimum absolute atomic E-state index is 0.125. The summed E-state index contributed by atoms with van der Waals surface area (Å²) in [4.78, 5) is 23.2. The first-order chi connectivity index (χ1) is 9.60. The van der Waals surface area contributed by atoms with Crippen LogP contribution in [-0.2, 0) is 11.2 Å². The summed E-state index contributed by atoms with van der Waals surface area (Å²) in [5, 5.41) is 0. The highest BCUT2D eigenvalue weighted by Gasteiger charge is 2.26. The maximum Gasteiger partial charge on any atom is 0.221 e. The van der Waals surface area contributed by atoms with Gasteiger partial charge in [-0.25, -0.2) is 0 Å². The van der Waals surface area contributed by atoms with Crippen molar-refractivity contribution >= 4 is 11.7 Å². The highest BCUT2D eigenvalue weighted by Crippen LogP contribution is 2.30. The van der Waals surface area contributed by atoms with Crippen molar-refractivity contribution in [1.82, 2.24) is 0 Å². The average molecular weight is 274 g/mol. The summed E-state index contributed by atoms with van der Waals surface area (Å²) >= 11 is 0. The number of rotatable bonds is 5. The molecule has 0 atom stereocenters. The average Bonchev–Trinajstić information content (AvgIpc) is 2.47. The molecule has 2 rings (SSSR count). The number of ketones is 1. The molecular formula is C16H22N2O2. The smallest absolute Gasteiger partial charge is 0.221 e. The number of amides is 1. The molecule has 0 spiro atoms. The van der Waals surface area contributed by atoms with Gasteiger partial charge in [-0.2, -0.15) is 0 Å². The summed E-state index contributed by atoms with van der Waals surface area (Å²) in [5.74, 6) is 0.562. The SMILES string of the molecule is NCC1CCC(C(=O)c2ccc(CC(N)=O)cc2)CC1. The lowest BCUT2D eigenvalue weighted by molar-refractivity contribution is -0.117. The fraction of sp³-hybridized carbons (Fsp3) is 0.500. The summed E-state index contributed by atoms with van der Waals surface area (Å²) in [6, 6.07) is 7.22. The molecule has 0 aliphatic heterocycles. The van der Waals surface area contributed by atoms with Crippen LogP contribution in [0.5, 0.6) is 0 Å². The number of carbonyl (C=O) groups is 2. The molecule has 0 radical (unpaired) electrons. The van der Waals surface area contributed by atoms with Crippen molar-refractivity contribution in [2.75, 3.05) is 6.54 Å². The molecule has 0 heterocycles. The predicted octanol–water partition coefficient (Wildman–Crippen LogP) is 1.66. The van der Waals surface area contributed by atoms with Gasteiger partial charge in [0.15, 0.2) is 5.78 Å². The second kappa shape index (κ2) is 6.66. The number of carbonyl (C=O) groups excluding carboxylic acids is 2. The Bertz CT molecular complexity index is 474. The summed E-state index contributed by atoms with van der Waals surface area (Å²) in [6.07, 6.45) is 4.18. The monoisotopic (exact) mass is 274 g/mol. The highest BCUT2D eigenvalue weighted by atomic mass is 16.1. The van der Waals surface area contributed by atoms with Crippen LogP contribution in [0.1, 0.15) is 41.6 Å². The normalized spacial score (nSPS) is 22.4. The minimum atomic E-state index is -0.357. The van der Waals surface area contributed by atoms with Crippen LogP contribution in [0.3, 0.4) is 0 Å². The van der Waals surface area contributed by atoms with Crippen molar-refractivity contribution in [1.29, 1.82) is 0 Å². The molecule has 1 aromatic rings. The van der Waals surface area contributed by atoms with Gasteiger partial charge in [0.05, 0.1) is 6.42 Å². The molecule has 1 aliphatic carbocycles. The molecule has 108 valence electrons. The van der Waals surface area contributed by atoms with Crippen molar-refractivity contribution in [2.24, 2.45) is 23.3 Å². The van der Waals surface area contributed by atoms with Crippen LogP contribution >= 0.6 is 0 Å². The number of Topliss-reactive ketones (excluding diaryl/α,β-unsaturated/α-hetero) is 1. The Hall–Kier alpha value is -1.68. The Balaban J connectivity index is 1.97. The number of hydrogen-bond acceptors (Lipinski definition) is 3. The molecule has 1 aliphatic rings. The Morgan fingerprint density at radius 1 is 1.05 bits per heavy atom. The molecule has 1 fully saturated rings. The number of primary amides is 1. The van der Waals surface area contributed by atoms with Crippen LogP contribution < -0.4 is 11.5 Å². The van der Waals surface area contributed by atoms with Crippen LogP contribution in [0.2, 0.25) is 0 Å². The van der Waals surface area contributed by atoms with E-state index in [9.17, 15) is 9.59 Å². The Kier molecular flexibility index (Phi) is 4.90. The van der Waals surface area contributed by atoms with Gasteiger partial charge in [0.2, 0.25) is 5.91 Å². The third-order valence-electron chi connectivity index (χ3n) is 4.17. The lowest BCUT2D eigenvalue weighted by atomic mass is 9.78. The quantitative estimate of drug-likeness (QED) is 0.801. The summed E-state index contributed by atoms with van der Waals surface area (Å²) in [7, 11) is 0. The predicted molar refractivity (Wildman–Crippen MR) is 78.2 cm³/mol. The molecule has 20 heavy (non-hydrogen) atoms. The molecule has 1 amide bonds. The second-order valence-electron chi connectivity index (χ2n) is 5.66. The lowest BCUT2D eigenvalue weighted by Crippen LogP contribution is -2.25. The molecule has 0 saturated heterocycles. The van der Waals surface area contributed by atoms with Gasteiger partial charge < -0.3 is 11.5 Å². The largest absolute Gasteiger partial charge is 0.369 e. The van der Waals surface area contributed by atoms with Crippen molar-refractivity contribution in [3.05, 3.63) is 35.4 Å². The van der Waals surface area contributed by atoms with E-state index in [0.717, 1.165) is 43.4 Å². The molecule has 4 nitrogen and oxygen atoms in total. The summed E-state index contributed by atoms with van der Waals surface area (Å²) in [5.41, 5.74) is 12.4. The molecule has 1 saturated carbocycles. The number of nitrogens with two attached hydrogens (primary N) is 2. The van der Waals surface area contributed by atoms with E-state index in [-0.39, 0.29) is 24.0 Å². The van der Waals surface area contributed by atoms with Gasteiger partial charge in [-0.3, -0.25) is 9.59 Å². The Morgan fingerprint density at radius 2 is 1.65 bits per heavy atom. The first kappa shape index (κ1) is 14.7. The van der Waals surface area contributed by atoms with Gasteiger partial charge in [-0.05, 0) is 43.7 Å². The van der Waals surface area contributed by atoms with Crippen LogP contribution in [0, 0.1) is 11.8 Å². The Labute approximate surface area is 119 Å². The van der Waals surface area contributed by atoms with Crippen LogP contribution in [0.25, 0.3) is 0 Å². The zero-order valence-corrected chi connectivity index (χ0v) is 11.7. The van der Waals surface area contributed by atoms with Crippen LogP contribution in [-0.4, -0.2) is 18.2 Å². The van der Waals surface area contributed by atoms with Gasteiger partial charge in [0, 0.05) is 11.5 Å². The second-order valence-corrected chi connectivity index (χ2v) is 5.66. The first-order valence-corrected chi connectivity index (χ1v) is 7.21. The molecule has 0 unspecified atom stereocenters. The zero-order valence-electron chi connectivity index (χ0n) is 11.7. The standard InChI is InChI=1S/C16H22N2O2/c17-10-12-3-7-14(8-4-12)16(20)13-5-1-11(2-6-13)9-15(18)19/h1-2,5-6,12,14H,3-4,7-10,17H2,(H2,18,19). The van der Waals surface area contributed by atoms with Crippen molar-refractivity contribution in [3.8, 4) is 0 Å². The lowest BCUT2D eigenvalue weighted by Gasteiger charge is -2.26. The molecule has 4 heteroatoms. The van der Waals surface area contributed by atoms with Gasteiger partial charge in [0.25, 0.3) is 0 Å². The van der Waals surface area contributed by atoms with E-state index >= 15 is 0 Å². The Morgan fingerprint density at radius 3 is 2.15 bits per heavy atom. The van der Waals surface area contributed by atoms with Gasteiger partial charge in [0.1, 0.15) is 0 Å². The van der Waals surface area contributed by atoms with E-state index in [1.54, 1.807) is 12.1 Å². The van der Waals surface area contributed by atoms with E-state index in [1.807, 2.05) is 12.1 Å². The third-order valence-corrected chi connectivity index (χ3v) is 4.17. The summed E-state index contributed by atoms with van der Waals surface area (Å²) < 4.78 is 0. The van der Waals surface area contributed by atoms with Crippen molar-refractivity contribution in [2.45, 2.75) is 32.1 Å². The van der Waals surface area contributed by atoms with E-state index in [2.05, 4.69) is 0 Å². The summed E-state index contributed by atoms with van der Waals surface area (Å²) in [6.45, 7) is 0.725. The molecule has 0 aromatic heterocycles. The van der Waals surface area contributed by atoms with Crippen molar-refractivity contribution in [3.63, 3.8) is 0 Å². The topological polar surface area (TPSA) is 86.2 Å². The van der Waals surface area contributed by atoms with Gasteiger partial charge >= 0.3 is 0 Å². The van der Waals surface area contributed by atoms with Gasteiger partial charge in [-0.15, -0.1) is 0 Å². The molecule has 1 aromatic carbocycles. The number of hydrogen-bond donors (Lipinski definition) is 2. The van der Waals surface area contributed by atoms with E-state index in [1.165, 1.54) is 0 Å². The minimum Gasteiger partial charge on any atom is -0.369 e. The van der Waals surface area contributed by atoms with Crippen LogP contribution in [0.4, 0.5) is 0 Å².